The number of hydrogen-bond donors (Lipinski definition) is 2. The van der Waals surface area contributed by atoms with Gasteiger partial charge in [0, 0.05) is 12.6 Å². The van der Waals surface area contributed by atoms with Crippen molar-refractivity contribution in [3.8, 4) is 11.5 Å². The number of nitrogens with one attached hydrogen (secondary N) is 1. The first-order chi connectivity index (χ1) is 10.4. The second-order valence-corrected chi connectivity index (χ2v) is 5.79. The number of anilines is 1. The summed E-state index contributed by atoms with van der Waals surface area (Å²) in [7, 11) is 0. The van der Waals surface area contributed by atoms with E-state index in [0.29, 0.717) is 30.3 Å². The Morgan fingerprint density at radius 3 is 2.82 bits per heavy atom. The van der Waals surface area contributed by atoms with Crippen LogP contribution in [0.25, 0.3) is 0 Å². The van der Waals surface area contributed by atoms with E-state index >= 15 is 0 Å². The number of amides is 2. The molecule has 1 aromatic rings. The summed E-state index contributed by atoms with van der Waals surface area (Å²) in [5.41, 5.74) is 0.425. The van der Waals surface area contributed by atoms with Crippen LogP contribution in [-0.2, 0) is 9.59 Å². The van der Waals surface area contributed by atoms with Crippen molar-refractivity contribution in [1.29, 1.82) is 0 Å². The zero-order valence-corrected chi connectivity index (χ0v) is 13.1. The number of hydrogen-bond acceptors (Lipinski definition) is 4. The Bertz CT molecular complexity index is 571. The molecule has 0 saturated carbocycles. The Kier molecular flexibility index (Phi) is 4.90. The number of rotatable bonds is 5. The third-order valence-electron chi connectivity index (χ3n) is 3.42. The van der Waals surface area contributed by atoms with Crippen LogP contribution in [0.3, 0.4) is 0 Å². The second-order valence-electron chi connectivity index (χ2n) is 5.79. The molecule has 22 heavy (non-hydrogen) atoms. The fourth-order valence-electron chi connectivity index (χ4n) is 2.25. The monoisotopic (exact) mass is 306 g/mol. The van der Waals surface area contributed by atoms with Crippen molar-refractivity contribution >= 4 is 17.5 Å². The van der Waals surface area contributed by atoms with E-state index in [0.717, 1.165) is 0 Å². The molecular formula is C16H22N2O4. The van der Waals surface area contributed by atoms with Crippen molar-refractivity contribution in [3.05, 3.63) is 18.2 Å². The van der Waals surface area contributed by atoms with Gasteiger partial charge in [-0.15, -0.1) is 0 Å². The molecule has 2 rings (SSSR count). The van der Waals surface area contributed by atoms with E-state index in [-0.39, 0.29) is 24.1 Å². The fourth-order valence-corrected chi connectivity index (χ4v) is 2.25. The number of nitrogens with zero attached hydrogens (tertiary/aromatic N) is 1. The van der Waals surface area contributed by atoms with Gasteiger partial charge in [-0.2, -0.15) is 0 Å². The van der Waals surface area contributed by atoms with E-state index in [9.17, 15) is 14.7 Å². The number of carbonyl (C=O) groups is 2. The van der Waals surface area contributed by atoms with Crippen molar-refractivity contribution in [2.45, 2.75) is 33.3 Å². The quantitative estimate of drug-likeness (QED) is 0.867. The largest absolute Gasteiger partial charge is 0.508 e. The summed E-state index contributed by atoms with van der Waals surface area (Å²) in [5, 5.41) is 12.4. The van der Waals surface area contributed by atoms with E-state index in [1.54, 1.807) is 6.07 Å². The van der Waals surface area contributed by atoms with Gasteiger partial charge in [-0.25, -0.2) is 0 Å². The average Bonchev–Trinajstić information content (AvgIpc) is 2.48. The van der Waals surface area contributed by atoms with Gasteiger partial charge >= 0.3 is 0 Å². The summed E-state index contributed by atoms with van der Waals surface area (Å²) in [6, 6.07) is 4.55. The van der Waals surface area contributed by atoms with Crippen LogP contribution in [0.15, 0.2) is 18.2 Å². The maximum absolute atomic E-state index is 12.4. The first kappa shape index (κ1) is 16.1. The standard InChI is InChI=1S/C16H22N2O4/c1-4-13-16(21)18(9-15(20)17-8-10(2)3)12-7-11(19)5-6-14(12)22-13/h5-7,10,13,19H,4,8-9H2,1-3H3,(H,17,20). The topological polar surface area (TPSA) is 78.9 Å². The predicted molar refractivity (Wildman–Crippen MR) is 83.0 cm³/mol. The van der Waals surface area contributed by atoms with Crippen LogP contribution in [-0.4, -0.2) is 36.1 Å². The number of ether oxygens (including phenoxy) is 1. The first-order valence-corrected chi connectivity index (χ1v) is 7.50. The van der Waals surface area contributed by atoms with Gasteiger partial charge in [0.2, 0.25) is 5.91 Å². The molecule has 0 aromatic heterocycles. The van der Waals surface area contributed by atoms with Crippen molar-refractivity contribution < 1.29 is 19.4 Å². The number of phenols is 1. The summed E-state index contributed by atoms with van der Waals surface area (Å²) >= 11 is 0. The number of aromatic hydroxyl groups is 1. The molecule has 2 N–H and O–H groups in total. The fraction of sp³-hybridized carbons (Fsp3) is 0.500. The average molecular weight is 306 g/mol. The van der Waals surface area contributed by atoms with Crippen LogP contribution in [0.2, 0.25) is 0 Å². The third-order valence-corrected chi connectivity index (χ3v) is 3.42. The lowest BCUT2D eigenvalue weighted by atomic mass is 10.1. The Morgan fingerprint density at radius 2 is 2.18 bits per heavy atom. The molecule has 1 aliphatic heterocycles. The van der Waals surface area contributed by atoms with E-state index in [4.69, 9.17) is 4.74 Å². The lowest BCUT2D eigenvalue weighted by Crippen LogP contribution is -2.49. The minimum Gasteiger partial charge on any atom is -0.508 e. The Morgan fingerprint density at radius 1 is 1.45 bits per heavy atom. The van der Waals surface area contributed by atoms with Crippen LogP contribution in [0.1, 0.15) is 27.2 Å². The lowest BCUT2D eigenvalue weighted by Gasteiger charge is -2.33. The van der Waals surface area contributed by atoms with Crippen LogP contribution in [0.5, 0.6) is 11.5 Å². The Hall–Kier alpha value is -2.24. The molecule has 2 amide bonds. The number of fused-ring (bicyclic) bond motifs is 1. The Balaban J connectivity index is 2.22. The molecule has 0 saturated heterocycles. The highest BCUT2D eigenvalue weighted by Gasteiger charge is 2.34. The molecule has 1 aromatic carbocycles. The van der Waals surface area contributed by atoms with Gasteiger partial charge in [-0.3, -0.25) is 14.5 Å². The Labute approximate surface area is 130 Å². The van der Waals surface area contributed by atoms with Crippen LogP contribution in [0, 0.1) is 5.92 Å². The summed E-state index contributed by atoms with van der Waals surface area (Å²) in [6.07, 6.45) is -0.0848. The molecule has 0 bridgehead atoms. The van der Waals surface area contributed by atoms with E-state index < -0.39 is 6.10 Å². The minimum atomic E-state index is -0.602. The predicted octanol–water partition coefficient (Wildman–Crippen LogP) is 1.67. The molecular weight excluding hydrogens is 284 g/mol. The van der Waals surface area contributed by atoms with Crippen molar-refractivity contribution in [1.82, 2.24) is 5.32 Å². The molecule has 6 nitrogen and oxygen atoms in total. The van der Waals surface area contributed by atoms with Gasteiger partial charge < -0.3 is 15.2 Å². The van der Waals surface area contributed by atoms with Crippen molar-refractivity contribution in [2.24, 2.45) is 5.92 Å². The molecule has 0 spiro atoms. The molecule has 1 aliphatic rings. The van der Waals surface area contributed by atoms with E-state index in [1.807, 2.05) is 20.8 Å². The zero-order chi connectivity index (χ0) is 16.3. The SMILES string of the molecule is CCC1Oc2ccc(O)cc2N(CC(=O)NCC(C)C)C1=O. The molecule has 6 heteroatoms. The van der Waals surface area contributed by atoms with E-state index in [1.165, 1.54) is 17.0 Å². The van der Waals surface area contributed by atoms with Crippen molar-refractivity contribution in [3.63, 3.8) is 0 Å². The van der Waals surface area contributed by atoms with Gasteiger partial charge in [0.15, 0.2) is 6.10 Å². The van der Waals surface area contributed by atoms with Gasteiger partial charge in [0.1, 0.15) is 18.0 Å². The smallest absolute Gasteiger partial charge is 0.268 e. The number of phenolic OH excluding ortho intramolecular Hbond substituents is 1. The number of benzene rings is 1. The highest BCUT2D eigenvalue weighted by molar-refractivity contribution is 6.04. The summed E-state index contributed by atoms with van der Waals surface area (Å²) in [6.45, 7) is 6.33. The van der Waals surface area contributed by atoms with Gasteiger partial charge in [-0.1, -0.05) is 20.8 Å². The molecule has 0 aliphatic carbocycles. The maximum atomic E-state index is 12.4. The highest BCUT2D eigenvalue weighted by Crippen LogP contribution is 2.37. The summed E-state index contributed by atoms with van der Waals surface area (Å²) in [5.74, 6) is 0.371. The molecule has 0 radical (unpaired) electrons. The third kappa shape index (κ3) is 3.50. The normalized spacial score (nSPS) is 17.2. The maximum Gasteiger partial charge on any atom is 0.268 e. The first-order valence-electron chi connectivity index (χ1n) is 7.50. The number of carbonyl (C=O) groups excluding carboxylic acids is 2. The zero-order valence-electron chi connectivity index (χ0n) is 13.1. The lowest BCUT2D eigenvalue weighted by molar-refractivity contribution is -0.129. The van der Waals surface area contributed by atoms with Crippen molar-refractivity contribution in [2.75, 3.05) is 18.0 Å². The van der Waals surface area contributed by atoms with Gasteiger partial charge in [-0.05, 0) is 24.5 Å². The van der Waals surface area contributed by atoms with Gasteiger partial charge in [0.05, 0.1) is 5.69 Å². The minimum absolute atomic E-state index is 0.0256. The summed E-state index contributed by atoms with van der Waals surface area (Å²) in [4.78, 5) is 25.9. The van der Waals surface area contributed by atoms with Crippen LogP contribution < -0.4 is 15.0 Å². The molecule has 120 valence electrons. The molecule has 1 atom stereocenters. The second kappa shape index (κ2) is 6.68. The summed E-state index contributed by atoms with van der Waals surface area (Å²) < 4.78 is 5.62. The van der Waals surface area contributed by atoms with Crippen LogP contribution in [0.4, 0.5) is 5.69 Å². The molecule has 1 heterocycles. The van der Waals surface area contributed by atoms with Gasteiger partial charge in [0.25, 0.3) is 5.91 Å². The molecule has 1 unspecified atom stereocenters. The van der Waals surface area contributed by atoms with Crippen LogP contribution >= 0.6 is 0 Å². The highest BCUT2D eigenvalue weighted by atomic mass is 16.5. The van der Waals surface area contributed by atoms with E-state index in [2.05, 4.69) is 5.32 Å². The molecule has 0 fully saturated rings.